The largest absolute Gasteiger partial charge is 0.461 e. The van der Waals surface area contributed by atoms with Crippen molar-refractivity contribution in [3.63, 3.8) is 0 Å². The van der Waals surface area contributed by atoms with E-state index in [1.807, 2.05) is 0 Å². The number of aromatic nitrogens is 2. The second kappa shape index (κ2) is 8.22. The monoisotopic (exact) mass is 442 g/mol. The minimum atomic E-state index is -0.709. The van der Waals surface area contributed by atoms with E-state index in [0.717, 1.165) is 4.68 Å². The van der Waals surface area contributed by atoms with Gasteiger partial charge >= 0.3 is 12.1 Å². The van der Waals surface area contributed by atoms with Crippen molar-refractivity contribution in [1.82, 2.24) is 9.78 Å². The van der Waals surface area contributed by atoms with Gasteiger partial charge in [-0.25, -0.2) is 9.59 Å². The molecule has 26 heavy (non-hydrogen) atoms. The number of rotatable bonds is 4. The fourth-order valence-corrected chi connectivity index (χ4v) is 2.94. The van der Waals surface area contributed by atoms with Crippen LogP contribution in [-0.2, 0) is 14.8 Å². The first-order valence-electron chi connectivity index (χ1n) is 8.02. The Bertz CT molecular complexity index is 810. The summed E-state index contributed by atoms with van der Waals surface area (Å²) in [5.74, 6) is -0.598. The highest BCUT2D eigenvalue weighted by Gasteiger charge is 2.29. The number of benzene rings is 1. The van der Waals surface area contributed by atoms with Crippen LogP contribution < -0.4 is 0 Å². The molecule has 0 spiro atoms. The molecule has 1 heterocycles. The van der Waals surface area contributed by atoms with Crippen LogP contribution in [0.4, 0.5) is 4.79 Å². The minimum Gasteiger partial charge on any atom is -0.461 e. The summed E-state index contributed by atoms with van der Waals surface area (Å²) in [6.07, 6.45) is -0.680. The van der Waals surface area contributed by atoms with Crippen LogP contribution in [0.2, 0.25) is 5.02 Å². The third-order valence-electron chi connectivity index (χ3n) is 3.27. The van der Waals surface area contributed by atoms with Gasteiger partial charge in [0.2, 0.25) is 0 Å². The van der Waals surface area contributed by atoms with Gasteiger partial charge in [-0.3, -0.25) is 0 Å². The molecule has 0 amide bonds. The lowest BCUT2D eigenvalue weighted by Crippen LogP contribution is -2.28. The van der Waals surface area contributed by atoms with Gasteiger partial charge in [-0.1, -0.05) is 39.7 Å². The van der Waals surface area contributed by atoms with Gasteiger partial charge in [-0.05, 0) is 39.8 Å². The van der Waals surface area contributed by atoms with E-state index in [1.54, 1.807) is 52.0 Å². The average Bonchev–Trinajstić information content (AvgIpc) is 2.94. The molecule has 0 atom stereocenters. The van der Waals surface area contributed by atoms with E-state index in [0.29, 0.717) is 27.2 Å². The Morgan fingerprint density at radius 2 is 1.85 bits per heavy atom. The van der Waals surface area contributed by atoms with Crippen LogP contribution in [0.1, 0.15) is 43.7 Å². The molecule has 0 unspecified atom stereocenters. The van der Waals surface area contributed by atoms with Crippen molar-refractivity contribution in [2.75, 3.05) is 6.61 Å². The van der Waals surface area contributed by atoms with E-state index >= 15 is 0 Å². The van der Waals surface area contributed by atoms with Crippen LogP contribution >= 0.6 is 27.5 Å². The van der Waals surface area contributed by atoms with Crippen molar-refractivity contribution >= 4 is 39.6 Å². The van der Waals surface area contributed by atoms with Crippen LogP contribution in [0.5, 0.6) is 0 Å². The summed E-state index contributed by atoms with van der Waals surface area (Å²) in [6, 6.07) is 6.90. The zero-order valence-electron chi connectivity index (χ0n) is 15.0. The van der Waals surface area contributed by atoms with Gasteiger partial charge in [-0.2, -0.15) is 9.78 Å². The van der Waals surface area contributed by atoms with Crippen LogP contribution in [-0.4, -0.2) is 34.1 Å². The van der Waals surface area contributed by atoms with Crippen molar-refractivity contribution in [2.24, 2.45) is 0 Å². The van der Waals surface area contributed by atoms with E-state index in [-0.39, 0.29) is 12.3 Å². The summed E-state index contributed by atoms with van der Waals surface area (Å²) in [4.78, 5) is 25.0. The van der Waals surface area contributed by atoms with Gasteiger partial charge in [0, 0.05) is 21.5 Å². The Morgan fingerprint density at radius 3 is 2.35 bits per heavy atom. The second-order valence-electron chi connectivity index (χ2n) is 6.43. The molecule has 0 aliphatic rings. The number of halogens is 2. The minimum absolute atomic E-state index is 0.0690. The number of hydrogen-bond acceptors (Lipinski definition) is 5. The van der Waals surface area contributed by atoms with Gasteiger partial charge in [0.25, 0.3) is 0 Å². The normalized spacial score (nSPS) is 11.3. The number of hydrogen-bond donors (Lipinski definition) is 0. The zero-order chi connectivity index (χ0) is 19.5. The van der Waals surface area contributed by atoms with Crippen molar-refractivity contribution in [3.8, 4) is 11.3 Å². The van der Waals surface area contributed by atoms with E-state index in [9.17, 15) is 9.59 Å². The SMILES string of the molecule is CCOC(=O)c1nn(C(=O)OC(C)(C)C)c(-c2ccc(Cl)cc2)c1CBr. The van der Waals surface area contributed by atoms with E-state index in [4.69, 9.17) is 21.1 Å². The molecule has 1 aromatic heterocycles. The summed E-state index contributed by atoms with van der Waals surface area (Å²) >= 11 is 9.34. The Labute approximate surface area is 165 Å². The number of alkyl halides is 1. The predicted octanol–water partition coefficient (Wildman–Crippen LogP) is 5.06. The standard InChI is InChI=1S/C18H20BrClN2O4/c1-5-25-16(23)14-13(10-19)15(11-6-8-12(20)9-7-11)22(21-14)17(24)26-18(2,3)4/h6-9H,5,10H2,1-4H3. The fourth-order valence-electron chi connectivity index (χ4n) is 2.28. The third kappa shape index (κ3) is 4.65. The van der Waals surface area contributed by atoms with Gasteiger partial charge in [0.15, 0.2) is 5.69 Å². The molecule has 0 aliphatic carbocycles. The van der Waals surface area contributed by atoms with Crippen LogP contribution in [0.15, 0.2) is 24.3 Å². The summed E-state index contributed by atoms with van der Waals surface area (Å²) in [5, 5.41) is 5.05. The van der Waals surface area contributed by atoms with Gasteiger partial charge in [0.1, 0.15) is 5.60 Å². The first-order chi connectivity index (χ1) is 12.2. The molecule has 140 valence electrons. The molecule has 0 radical (unpaired) electrons. The lowest BCUT2D eigenvalue weighted by Gasteiger charge is -2.20. The number of ether oxygens (including phenoxy) is 2. The molecular weight excluding hydrogens is 424 g/mol. The van der Waals surface area contributed by atoms with E-state index < -0.39 is 17.7 Å². The molecule has 0 saturated heterocycles. The zero-order valence-corrected chi connectivity index (χ0v) is 17.3. The molecule has 0 N–H and O–H groups in total. The topological polar surface area (TPSA) is 70.4 Å². The molecule has 6 nitrogen and oxygen atoms in total. The van der Waals surface area contributed by atoms with Crippen molar-refractivity contribution in [2.45, 2.75) is 38.6 Å². The number of nitrogens with zero attached hydrogens (tertiary/aromatic N) is 2. The summed E-state index contributed by atoms with van der Waals surface area (Å²) in [6.45, 7) is 7.18. The highest BCUT2D eigenvalue weighted by atomic mass is 79.9. The first kappa shape index (κ1) is 20.5. The highest BCUT2D eigenvalue weighted by Crippen LogP contribution is 2.30. The van der Waals surface area contributed by atoms with Crippen molar-refractivity contribution in [1.29, 1.82) is 0 Å². The summed E-state index contributed by atoms with van der Waals surface area (Å²) < 4.78 is 11.6. The van der Waals surface area contributed by atoms with Crippen LogP contribution in [0.3, 0.4) is 0 Å². The maximum Gasteiger partial charge on any atom is 0.435 e. The van der Waals surface area contributed by atoms with Crippen molar-refractivity contribution in [3.05, 3.63) is 40.5 Å². The maximum absolute atomic E-state index is 12.7. The maximum atomic E-state index is 12.7. The van der Waals surface area contributed by atoms with Crippen LogP contribution in [0, 0.1) is 0 Å². The lowest BCUT2D eigenvalue weighted by molar-refractivity contribution is 0.0502. The Morgan fingerprint density at radius 1 is 1.23 bits per heavy atom. The molecule has 0 aliphatic heterocycles. The Hall–Kier alpha value is -1.86. The summed E-state index contributed by atoms with van der Waals surface area (Å²) in [7, 11) is 0. The quantitative estimate of drug-likeness (QED) is 0.488. The Kier molecular flexibility index (Phi) is 6.47. The fraction of sp³-hybridized carbons (Fsp3) is 0.389. The highest BCUT2D eigenvalue weighted by molar-refractivity contribution is 9.08. The second-order valence-corrected chi connectivity index (χ2v) is 7.43. The molecule has 1 aromatic carbocycles. The summed E-state index contributed by atoms with van der Waals surface area (Å²) in [5.41, 5.74) is 1.03. The van der Waals surface area contributed by atoms with Crippen molar-refractivity contribution < 1.29 is 19.1 Å². The van der Waals surface area contributed by atoms with Gasteiger partial charge in [0.05, 0.1) is 12.3 Å². The molecule has 0 saturated carbocycles. The smallest absolute Gasteiger partial charge is 0.435 e. The number of carbonyl (C=O) groups excluding carboxylic acids is 2. The van der Waals surface area contributed by atoms with E-state index in [1.165, 1.54) is 0 Å². The molecule has 2 rings (SSSR count). The molecule has 0 fully saturated rings. The number of esters is 1. The number of carbonyl (C=O) groups is 2. The lowest BCUT2D eigenvalue weighted by atomic mass is 10.1. The van der Waals surface area contributed by atoms with Gasteiger partial charge < -0.3 is 9.47 Å². The third-order valence-corrected chi connectivity index (χ3v) is 4.08. The average molecular weight is 444 g/mol. The molecule has 2 aromatic rings. The molecule has 8 heteroatoms. The first-order valence-corrected chi connectivity index (χ1v) is 9.52. The predicted molar refractivity (Wildman–Crippen MR) is 103 cm³/mol. The van der Waals surface area contributed by atoms with E-state index in [2.05, 4.69) is 21.0 Å². The van der Waals surface area contributed by atoms with Crippen LogP contribution in [0.25, 0.3) is 11.3 Å². The Balaban J connectivity index is 2.66. The van der Waals surface area contributed by atoms with Gasteiger partial charge in [-0.15, -0.1) is 0 Å². The molecule has 0 bridgehead atoms. The molecular formula is C18H20BrClN2O4.